The van der Waals surface area contributed by atoms with Gasteiger partial charge in [0.2, 0.25) is 5.91 Å². The lowest BCUT2D eigenvalue weighted by atomic mass is 10.1. The molecule has 1 atom stereocenters. The molecule has 1 amide bonds. The van der Waals surface area contributed by atoms with Gasteiger partial charge in [-0.1, -0.05) is 0 Å². The summed E-state index contributed by atoms with van der Waals surface area (Å²) in [5.41, 5.74) is 5.11. The number of nitrogens with one attached hydrogen (secondary N) is 3. The first-order chi connectivity index (χ1) is 11.0. The molecule has 0 fully saturated rings. The number of aliphatic carboxylic acids is 1. The molecular weight excluding hydrogens is 308 g/mol. The van der Waals surface area contributed by atoms with E-state index in [1.54, 1.807) is 7.11 Å². The molecule has 0 aromatic rings. The van der Waals surface area contributed by atoms with Crippen molar-refractivity contribution in [2.45, 2.75) is 18.9 Å². The number of carboxylic acid groups (broad SMARTS) is 1. The van der Waals surface area contributed by atoms with Gasteiger partial charge in [0.1, 0.15) is 12.6 Å². The smallest absolute Gasteiger partial charge is 0.326 e. The van der Waals surface area contributed by atoms with E-state index in [-0.39, 0.29) is 25.6 Å². The molecule has 0 radical (unpaired) electrons. The van der Waals surface area contributed by atoms with Gasteiger partial charge in [0, 0.05) is 13.7 Å². The van der Waals surface area contributed by atoms with Crippen LogP contribution in [0.3, 0.4) is 0 Å². The molecule has 0 aliphatic rings. The lowest BCUT2D eigenvalue weighted by Crippen LogP contribution is -2.43. The van der Waals surface area contributed by atoms with Crippen LogP contribution in [0.4, 0.5) is 0 Å². The Bertz CT molecular complexity index is 366. The minimum Gasteiger partial charge on any atom is -0.480 e. The van der Waals surface area contributed by atoms with Crippen molar-refractivity contribution in [1.82, 2.24) is 10.6 Å². The number of hydrogen-bond donors (Lipinski definition) is 5. The number of methoxy groups -OCH3 is 1. The number of guanidine groups is 1. The van der Waals surface area contributed by atoms with Crippen molar-refractivity contribution >= 4 is 17.8 Å². The van der Waals surface area contributed by atoms with Crippen LogP contribution >= 0.6 is 0 Å². The fraction of sp³-hybridized carbons (Fsp3) is 0.769. The van der Waals surface area contributed by atoms with Gasteiger partial charge in [0.25, 0.3) is 0 Å². The molecule has 6 N–H and O–H groups in total. The van der Waals surface area contributed by atoms with E-state index in [1.807, 2.05) is 0 Å². The van der Waals surface area contributed by atoms with Crippen LogP contribution in [0.25, 0.3) is 0 Å². The van der Waals surface area contributed by atoms with Crippen molar-refractivity contribution in [3.63, 3.8) is 0 Å². The second-order valence-electron chi connectivity index (χ2n) is 4.60. The summed E-state index contributed by atoms with van der Waals surface area (Å²) in [4.78, 5) is 22.7. The number of hydrogen-bond acceptors (Lipinski definition) is 6. The standard InChI is InChI=1S/C13H26N4O6/c1-21-5-6-22-7-8-23-9-11(18)17-10(12(19)20)3-2-4-16-13(14)15/h10H,2-9H2,1H3,(H,17,18)(H,19,20)(H4,14,15,16). The summed E-state index contributed by atoms with van der Waals surface area (Å²) < 4.78 is 15.0. The van der Waals surface area contributed by atoms with Crippen LogP contribution in [0.15, 0.2) is 0 Å². The lowest BCUT2D eigenvalue weighted by Gasteiger charge is -2.14. The van der Waals surface area contributed by atoms with E-state index < -0.39 is 17.9 Å². The molecule has 10 heteroatoms. The molecule has 0 aliphatic carbocycles. The molecule has 0 saturated heterocycles. The first kappa shape index (κ1) is 21.1. The highest BCUT2D eigenvalue weighted by atomic mass is 16.5. The van der Waals surface area contributed by atoms with Gasteiger partial charge in [-0.3, -0.25) is 10.2 Å². The molecule has 0 heterocycles. The summed E-state index contributed by atoms with van der Waals surface area (Å²) in [6.45, 7) is 1.63. The van der Waals surface area contributed by atoms with Gasteiger partial charge in [0.15, 0.2) is 5.96 Å². The predicted octanol–water partition coefficient (Wildman–Crippen LogP) is -1.50. The summed E-state index contributed by atoms with van der Waals surface area (Å²) >= 11 is 0. The average molecular weight is 334 g/mol. The first-order valence-electron chi connectivity index (χ1n) is 7.21. The minimum absolute atomic E-state index is 0.179. The zero-order chi connectivity index (χ0) is 17.5. The Kier molecular flexibility index (Phi) is 12.6. The van der Waals surface area contributed by atoms with Crippen molar-refractivity contribution in [3.8, 4) is 0 Å². The fourth-order valence-corrected chi connectivity index (χ4v) is 1.55. The third-order valence-electron chi connectivity index (χ3n) is 2.66. The van der Waals surface area contributed by atoms with E-state index in [0.717, 1.165) is 0 Å². The third kappa shape index (κ3) is 13.5. The van der Waals surface area contributed by atoms with Gasteiger partial charge in [-0.15, -0.1) is 0 Å². The second-order valence-corrected chi connectivity index (χ2v) is 4.60. The Balaban J connectivity index is 3.79. The fourth-order valence-electron chi connectivity index (χ4n) is 1.55. The lowest BCUT2D eigenvalue weighted by molar-refractivity contribution is -0.142. The van der Waals surface area contributed by atoms with Crippen LogP contribution in [0.2, 0.25) is 0 Å². The number of carbonyl (C=O) groups is 2. The van der Waals surface area contributed by atoms with Crippen LogP contribution in [-0.2, 0) is 23.8 Å². The molecule has 0 aliphatic heterocycles. The molecule has 134 valence electrons. The number of nitrogens with two attached hydrogens (primary N) is 1. The zero-order valence-corrected chi connectivity index (χ0v) is 13.3. The van der Waals surface area contributed by atoms with Crippen LogP contribution in [0.5, 0.6) is 0 Å². The second kappa shape index (κ2) is 13.7. The summed E-state index contributed by atoms with van der Waals surface area (Å²) in [5.74, 6) is -1.81. The van der Waals surface area contributed by atoms with Crippen molar-refractivity contribution in [2.24, 2.45) is 5.73 Å². The van der Waals surface area contributed by atoms with Crippen LogP contribution in [0, 0.1) is 5.41 Å². The van der Waals surface area contributed by atoms with Crippen LogP contribution in [0.1, 0.15) is 12.8 Å². The van der Waals surface area contributed by atoms with Crippen molar-refractivity contribution in [3.05, 3.63) is 0 Å². The van der Waals surface area contributed by atoms with Crippen molar-refractivity contribution in [1.29, 1.82) is 5.41 Å². The van der Waals surface area contributed by atoms with Gasteiger partial charge in [-0.2, -0.15) is 0 Å². The van der Waals surface area contributed by atoms with E-state index >= 15 is 0 Å². The van der Waals surface area contributed by atoms with E-state index in [4.69, 9.17) is 30.5 Å². The van der Waals surface area contributed by atoms with E-state index in [9.17, 15) is 9.59 Å². The Morgan fingerprint density at radius 2 is 1.87 bits per heavy atom. The Morgan fingerprint density at radius 3 is 2.48 bits per heavy atom. The number of ether oxygens (including phenoxy) is 3. The Hall–Kier alpha value is -1.91. The van der Waals surface area contributed by atoms with E-state index in [2.05, 4.69) is 10.6 Å². The molecular formula is C13H26N4O6. The maximum atomic E-state index is 11.6. The zero-order valence-electron chi connectivity index (χ0n) is 13.3. The van der Waals surface area contributed by atoms with Crippen molar-refractivity contribution in [2.75, 3.05) is 46.7 Å². The van der Waals surface area contributed by atoms with Crippen LogP contribution < -0.4 is 16.4 Å². The number of carboxylic acids is 1. The third-order valence-corrected chi connectivity index (χ3v) is 2.66. The summed E-state index contributed by atoms with van der Waals surface area (Å²) in [6, 6.07) is -1.00. The molecule has 0 aromatic carbocycles. The Labute approximate surface area is 135 Å². The van der Waals surface area contributed by atoms with Gasteiger partial charge >= 0.3 is 5.97 Å². The predicted molar refractivity (Wildman–Crippen MR) is 82.2 cm³/mol. The molecule has 0 aromatic heterocycles. The highest BCUT2D eigenvalue weighted by molar-refractivity contribution is 5.84. The Morgan fingerprint density at radius 1 is 1.22 bits per heavy atom. The van der Waals surface area contributed by atoms with Gasteiger partial charge in [0.05, 0.1) is 26.4 Å². The molecule has 0 rings (SSSR count). The normalized spacial score (nSPS) is 11.7. The molecule has 0 bridgehead atoms. The maximum Gasteiger partial charge on any atom is 0.326 e. The van der Waals surface area contributed by atoms with E-state index in [1.165, 1.54) is 0 Å². The van der Waals surface area contributed by atoms with Gasteiger partial charge < -0.3 is 35.7 Å². The molecule has 0 spiro atoms. The first-order valence-corrected chi connectivity index (χ1v) is 7.21. The number of amides is 1. The molecule has 23 heavy (non-hydrogen) atoms. The maximum absolute atomic E-state index is 11.6. The minimum atomic E-state index is -1.12. The number of rotatable bonds is 14. The quantitative estimate of drug-likeness (QED) is 0.146. The summed E-state index contributed by atoms with van der Waals surface area (Å²) in [5, 5.41) is 21.0. The monoisotopic (exact) mass is 334 g/mol. The highest BCUT2D eigenvalue weighted by Crippen LogP contribution is 1.97. The largest absolute Gasteiger partial charge is 0.480 e. The van der Waals surface area contributed by atoms with Gasteiger partial charge in [-0.25, -0.2) is 4.79 Å². The summed E-state index contributed by atoms with van der Waals surface area (Å²) in [6.07, 6.45) is 0.673. The SMILES string of the molecule is COCCOCCOCC(=O)NC(CCCNC(=N)N)C(=O)O. The number of carbonyl (C=O) groups excluding carboxylic acids is 1. The molecule has 1 unspecified atom stereocenters. The average Bonchev–Trinajstić information content (AvgIpc) is 2.49. The van der Waals surface area contributed by atoms with Crippen LogP contribution in [-0.4, -0.2) is 75.7 Å². The molecule has 10 nitrogen and oxygen atoms in total. The van der Waals surface area contributed by atoms with E-state index in [0.29, 0.717) is 32.8 Å². The van der Waals surface area contributed by atoms with Gasteiger partial charge in [-0.05, 0) is 12.8 Å². The topological polar surface area (TPSA) is 156 Å². The van der Waals surface area contributed by atoms with Crippen molar-refractivity contribution < 1.29 is 28.9 Å². The highest BCUT2D eigenvalue weighted by Gasteiger charge is 2.19. The molecule has 0 saturated carbocycles. The summed E-state index contributed by atoms with van der Waals surface area (Å²) in [7, 11) is 1.57.